The lowest BCUT2D eigenvalue weighted by molar-refractivity contribution is -0.717. The van der Waals surface area contributed by atoms with Crippen LogP contribution in [0.3, 0.4) is 0 Å². The van der Waals surface area contributed by atoms with Crippen LogP contribution in [0.2, 0.25) is 0 Å². The molecule has 0 fully saturated rings. The lowest BCUT2D eigenvalue weighted by Gasteiger charge is -2.32. The second-order valence-electron chi connectivity index (χ2n) is 5.52. The second-order valence-corrected chi connectivity index (χ2v) is 8.50. The van der Waals surface area contributed by atoms with Crippen molar-refractivity contribution in [1.82, 2.24) is 0 Å². The van der Waals surface area contributed by atoms with Crippen LogP contribution in [0.5, 0.6) is 0 Å². The molecule has 0 aliphatic carbocycles. The van der Waals surface area contributed by atoms with Crippen molar-refractivity contribution < 1.29 is 5.32 Å². The van der Waals surface area contributed by atoms with E-state index in [1.807, 2.05) is 12.1 Å². The summed E-state index contributed by atoms with van der Waals surface area (Å²) in [4.78, 5) is 4.99. The van der Waals surface area contributed by atoms with Gasteiger partial charge in [0.05, 0.1) is 5.71 Å². The maximum Gasteiger partial charge on any atom is 0.294 e. The molecular formula is C19H20BrN2S+. The summed E-state index contributed by atoms with van der Waals surface area (Å²) in [5.41, 5.74) is 3.68. The molecule has 1 aliphatic rings. The maximum atomic E-state index is 4.99. The number of aliphatic imine (C=N–C) groups is 1. The van der Waals surface area contributed by atoms with Gasteiger partial charge in [-0.3, -0.25) is 5.32 Å². The van der Waals surface area contributed by atoms with E-state index < -0.39 is 3.90 Å². The van der Waals surface area contributed by atoms with Crippen molar-refractivity contribution in [3.05, 3.63) is 84.4 Å². The average molecular weight is 388 g/mol. The van der Waals surface area contributed by atoms with Gasteiger partial charge in [-0.05, 0) is 5.56 Å². The minimum Gasteiger partial charge on any atom is -0.298 e. The van der Waals surface area contributed by atoms with Crippen molar-refractivity contribution in [1.29, 1.82) is 0 Å². The van der Waals surface area contributed by atoms with Crippen LogP contribution >= 0.6 is 27.7 Å². The van der Waals surface area contributed by atoms with E-state index in [0.717, 1.165) is 17.9 Å². The summed E-state index contributed by atoms with van der Waals surface area (Å²) < 4.78 is -0.398. The largest absolute Gasteiger partial charge is 0.298 e. The number of alkyl halides is 1. The molecular weight excluding hydrogens is 368 g/mol. The van der Waals surface area contributed by atoms with Gasteiger partial charge in [0.2, 0.25) is 0 Å². The van der Waals surface area contributed by atoms with Crippen molar-refractivity contribution in [3.63, 3.8) is 0 Å². The third kappa shape index (κ3) is 4.14. The third-order valence-electron chi connectivity index (χ3n) is 3.85. The van der Waals surface area contributed by atoms with Crippen LogP contribution in [-0.4, -0.2) is 15.4 Å². The Hall–Kier alpha value is -1.36. The summed E-state index contributed by atoms with van der Waals surface area (Å²) in [6.45, 7) is 3.83. The van der Waals surface area contributed by atoms with E-state index in [0.29, 0.717) is 6.04 Å². The summed E-state index contributed by atoms with van der Waals surface area (Å²) in [7, 11) is 0. The van der Waals surface area contributed by atoms with Crippen molar-refractivity contribution in [2.24, 2.45) is 4.99 Å². The summed E-state index contributed by atoms with van der Waals surface area (Å²) in [6, 6.07) is 21.5. The molecule has 3 rings (SSSR count). The molecule has 2 atom stereocenters. The van der Waals surface area contributed by atoms with Crippen molar-refractivity contribution in [3.8, 4) is 0 Å². The number of quaternary nitrogens is 1. The predicted octanol–water partition coefficient (Wildman–Crippen LogP) is 4.11. The third-order valence-corrected chi connectivity index (χ3v) is 6.01. The Labute approximate surface area is 150 Å². The number of hydrogen-bond donors (Lipinski definition) is 1. The highest BCUT2D eigenvalue weighted by Gasteiger charge is 2.39. The molecule has 23 heavy (non-hydrogen) atoms. The molecule has 0 unspecified atom stereocenters. The zero-order chi connectivity index (χ0) is 16.1. The first-order valence-electron chi connectivity index (χ1n) is 7.69. The van der Waals surface area contributed by atoms with Crippen LogP contribution in [0.25, 0.3) is 0 Å². The highest BCUT2D eigenvalue weighted by Crippen LogP contribution is 2.33. The lowest BCUT2D eigenvalue weighted by Crippen LogP contribution is -2.95. The van der Waals surface area contributed by atoms with Gasteiger partial charge >= 0.3 is 0 Å². The lowest BCUT2D eigenvalue weighted by atomic mass is 9.96. The van der Waals surface area contributed by atoms with Crippen molar-refractivity contribution in [2.45, 2.75) is 16.4 Å². The summed E-state index contributed by atoms with van der Waals surface area (Å²) in [5.74, 6) is 0.856. The Morgan fingerprint density at radius 2 is 1.83 bits per heavy atom. The minimum absolute atomic E-state index is 0.348. The summed E-state index contributed by atoms with van der Waals surface area (Å²) in [5, 5.41) is 2.31. The van der Waals surface area contributed by atoms with Gasteiger partial charge in [0.25, 0.3) is 3.90 Å². The van der Waals surface area contributed by atoms with Crippen LogP contribution in [0.4, 0.5) is 0 Å². The van der Waals surface area contributed by atoms with Crippen LogP contribution in [0, 0.1) is 0 Å². The van der Waals surface area contributed by atoms with Gasteiger partial charge in [-0.1, -0.05) is 78.5 Å². The smallest absolute Gasteiger partial charge is 0.294 e. The molecule has 4 heteroatoms. The molecule has 0 saturated heterocycles. The van der Waals surface area contributed by atoms with Crippen LogP contribution in [0.1, 0.15) is 23.6 Å². The topological polar surface area (TPSA) is 29.0 Å². The zero-order valence-corrected chi connectivity index (χ0v) is 15.3. The Morgan fingerprint density at radius 3 is 2.48 bits per heavy atom. The Balaban J connectivity index is 1.95. The molecule has 0 bridgehead atoms. The molecule has 1 heterocycles. The van der Waals surface area contributed by atoms with Gasteiger partial charge in [-0.15, -0.1) is 6.58 Å². The molecule has 2 aromatic carbocycles. The van der Waals surface area contributed by atoms with Crippen molar-refractivity contribution >= 4 is 33.4 Å². The number of nitrogens with zero attached hydrogens (tertiary/aromatic N) is 1. The van der Waals surface area contributed by atoms with Crippen LogP contribution < -0.4 is 5.32 Å². The molecule has 0 saturated carbocycles. The highest BCUT2D eigenvalue weighted by atomic mass is 79.9. The monoisotopic (exact) mass is 387 g/mol. The second kappa shape index (κ2) is 7.47. The Morgan fingerprint density at radius 1 is 1.17 bits per heavy atom. The average Bonchev–Trinajstić information content (AvgIpc) is 2.61. The van der Waals surface area contributed by atoms with E-state index in [1.165, 1.54) is 11.1 Å². The fourth-order valence-corrected chi connectivity index (χ4v) is 4.48. The first-order chi connectivity index (χ1) is 11.2. The van der Waals surface area contributed by atoms with E-state index in [2.05, 4.69) is 82.4 Å². The van der Waals surface area contributed by atoms with Gasteiger partial charge in [-0.25, -0.2) is 4.99 Å². The summed E-state index contributed by atoms with van der Waals surface area (Å²) in [6.07, 6.45) is 2.85. The predicted molar refractivity (Wildman–Crippen MR) is 103 cm³/mol. The molecule has 0 spiro atoms. The SMILES string of the molecule is C=CCS[C@@]1(Br)N=C(c2ccccc2)C[C@@H](c2ccccc2)[NH2+]1. The number of nitrogens with two attached hydrogens (primary N) is 1. The standard InChI is InChI=1S/C19H19BrN2S/c1-2-13-23-19(20)21-17(15-9-5-3-6-10-15)14-18(22-19)16-11-7-4-8-12-16/h2-12,17,21H,1,13-14H2/p+1/t17-,19+/m0/s1. The molecule has 2 nitrogen and oxygen atoms in total. The molecule has 0 radical (unpaired) electrons. The van der Waals surface area contributed by atoms with Crippen LogP contribution in [-0.2, 0) is 0 Å². The normalized spacial score (nSPS) is 24.0. The fourth-order valence-electron chi connectivity index (χ4n) is 2.77. The van der Waals surface area contributed by atoms with Crippen molar-refractivity contribution in [2.75, 3.05) is 5.75 Å². The number of halogens is 1. The number of rotatable bonds is 5. The minimum atomic E-state index is -0.398. The zero-order valence-electron chi connectivity index (χ0n) is 12.9. The molecule has 2 aromatic rings. The van der Waals surface area contributed by atoms with Crippen LogP contribution in [0.15, 0.2) is 78.3 Å². The first kappa shape index (κ1) is 16.5. The van der Waals surface area contributed by atoms with E-state index in [4.69, 9.17) is 4.99 Å². The van der Waals surface area contributed by atoms with E-state index in [9.17, 15) is 0 Å². The van der Waals surface area contributed by atoms with E-state index >= 15 is 0 Å². The number of benzene rings is 2. The summed E-state index contributed by atoms with van der Waals surface area (Å²) >= 11 is 5.60. The highest BCUT2D eigenvalue weighted by molar-refractivity contribution is 9.11. The van der Waals surface area contributed by atoms with Gasteiger partial charge in [0.15, 0.2) is 0 Å². The number of thioether (sulfide) groups is 1. The maximum absolute atomic E-state index is 4.99. The number of hydrogen-bond acceptors (Lipinski definition) is 2. The Bertz CT molecular complexity index is 687. The molecule has 118 valence electrons. The Kier molecular flexibility index (Phi) is 5.36. The van der Waals surface area contributed by atoms with E-state index in [1.54, 1.807) is 11.8 Å². The van der Waals surface area contributed by atoms with Gasteiger partial charge < -0.3 is 0 Å². The van der Waals surface area contributed by atoms with Gasteiger partial charge in [0.1, 0.15) is 6.04 Å². The molecule has 1 aliphatic heterocycles. The molecule has 0 amide bonds. The van der Waals surface area contributed by atoms with E-state index in [-0.39, 0.29) is 0 Å². The van der Waals surface area contributed by atoms with Gasteiger partial charge in [-0.2, -0.15) is 0 Å². The quantitative estimate of drug-likeness (QED) is 0.466. The van der Waals surface area contributed by atoms with Gasteiger partial charge in [0, 0.05) is 33.7 Å². The first-order valence-corrected chi connectivity index (χ1v) is 9.47. The molecule has 2 N–H and O–H groups in total. The molecule has 0 aromatic heterocycles. The fraction of sp³-hybridized carbons (Fsp3) is 0.211.